The van der Waals surface area contributed by atoms with Crippen LogP contribution in [0.3, 0.4) is 0 Å². The number of aromatic nitrogens is 5. The van der Waals surface area contributed by atoms with Gasteiger partial charge in [0.05, 0.1) is 11.4 Å². The van der Waals surface area contributed by atoms with Gasteiger partial charge in [-0.25, -0.2) is 24.9 Å². The van der Waals surface area contributed by atoms with E-state index in [1.807, 2.05) is 97.1 Å². The molecular formula is C53H35N5. The first-order valence-electron chi connectivity index (χ1n) is 19.3. The fourth-order valence-corrected chi connectivity index (χ4v) is 7.44. The molecular weight excluding hydrogens is 707 g/mol. The lowest BCUT2D eigenvalue weighted by Gasteiger charge is -2.15. The summed E-state index contributed by atoms with van der Waals surface area (Å²) in [5.74, 6) is 2.61. The lowest BCUT2D eigenvalue weighted by Crippen LogP contribution is -2.00. The normalized spacial score (nSPS) is 11.1. The molecule has 0 atom stereocenters. The number of fused-ring (bicyclic) bond motifs is 1. The average molecular weight is 742 g/mol. The van der Waals surface area contributed by atoms with Crippen molar-refractivity contribution in [2.45, 2.75) is 0 Å². The van der Waals surface area contributed by atoms with Crippen LogP contribution in [0.5, 0.6) is 0 Å². The molecule has 0 aliphatic carbocycles. The van der Waals surface area contributed by atoms with Crippen molar-refractivity contribution in [3.63, 3.8) is 0 Å². The van der Waals surface area contributed by atoms with Crippen molar-refractivity contribution in [1.29, 1.82) is 0 Å². The average Bonchev–Trinajstić information content (AvgIpc) is 3.32. The van der Waals surface area contributed by atoms with E-state index in [2.05, 4.69) is 115 Å². The molecule has 2 aromatic heterocycles. The number of hydrogen-bond donors (Lipinski definition) is 0. The Labute approximate surface area is 337 Å². The second kappa shape index (κ2) is 15.3. The summed E-state index contributed by atoms with van der Waals surface area (Å²) in [6, 6.07) is 73.0. The van der Waals surface area contributed by atoms with E-state index in [1.54, 1.807) is 0 Å². The summed E-state index contributed by atoms with van der Waals surface area (Å²) < 4.78 is 0. The maximum absolute atomic E-state index is 5.06. The topological polar surface area (TPSA) is 64.5 Å². The summed E-state index contributed by atoms with van der Waals surface area (Å²) >= 11 is 0. The van der Waals surface area contributed by atoms with Gasteiger partial charge in [-0.1, -0.05) is 206 Å². The maximum atomic E-state index is 5.06. The Morgan fingerprint density at radius 3 is 1.12 bits per heavy atom. The molecule has 0 saturated heterocycles. The first-order valence-corrected chi connectivity index (χ1v) is 19.3. The molecule has 5 nitrogen and oxygen atoms in total. The molecule has 0 aliphatic rings. The molecule has 0 spiro atoms. The molecule has 272 valence electrons. The second-order valence-corrected chi connectivity index (χ2v) is 14.1. The number of rotatable bonds is 8. The largest absolute Gasteiger partial charge is 0.228 e. The van der Waals surface area contributed by atoms with E-state index < -0.39 is 0 Å². The van der Waals surface area contributed by atoms with E-state index in [9.17, 15) is 0 Å². The van der Waals surface area contributed by atoms with Crippen molar-refractivity contribution in [2.75, 3.05) is 0 Å². The number of benzene rings is 8. The highest BCUT2D eigenvalue weighted by atomic mass is 15.0. The first-order chi connectivity index (χ1) is 28.7. The highest BCUT2D eigenvalue weighted by Crippen LogP contribution is 2.40. The van der Waals surface area contributed by atoms with E-state index in [0.29, 0.717) is 23.3 Å². The lowest BCUT2D eigenvalue weighted by molar-refractivity contribution is 1.07. The molecule has 0 fully saturated rings. The van der Waals surface area contributed by atoms with Crippen LogP contribution in [0.15, 0.2) is 212 Å². The zero-order chi connectivity index (χ0) is 38.7. The Balaban J connectivity index is 1.04. The second-order valence-electron chi connectivity index (χ2n) is 14.1. The third-order valence-corrected chi connectivity index (χ3v) is 10.4. The highest BCUT2D eigenvalue weighted by Gasteiger charge is 2.16. The fraction of sp³-hybridized carbons (Fsp3) is 0. The van der Waals surface area contributed by atoms with Crippen LogP contribution in [0, 0.1) is 0 Å². The number of nitrogens with zero attached hydrogens (tertiary/aromatic N) is 5. The Kier molecular flexibility index (Phi) is 9.14. The van der Waals surface area contributed by atoms with Crippen LogP contribution in [0.1, 0.15) is 0 Å². The predicted octanol–water partition coefficient (Wildman–Crippen LogP) is 13.2. The molecule has 0 bridgehead atoms. The Morgan fingerprint density at radius 2 is 0.603 bits per heavy atom. The van der Waals surface area contributed by atoms with Gasteiger partial charge in [-0.2, -0.15) is 0 Å². The minimum atomic E-state index is 0.628. The van der Waals surface area contributed by atoms with Gasteiger partial charge in [0, 0.05) is 33.4 Å². The zero-order valence-corrected chi connectivity index (χ0v) is 31.4. The SMILES string of the molecule is c1ccc(-c2cc(-c3ccc(-c4ccc5ccccc5c4-c4ccc(-c5nc(-c6ccccc6)nc(-c6ccccc6)n5)cc4)cc3)nc(-c3ccccc3)n2)cc1. The van der Waals surface area contributed by atoms with Gasteiger partial charge in [-0.3, -0.25) is 0 Å². The molecule has 8 aromatic carbocycles. The van der Waals surface area contributed by atoms with Gasteiger partial charge in [0.15, 0.2) is 23.3 Å². The molecule has 10 aromatic rings. The minimum absolute atomic E-state index is 0.628. The summed E-state index contributed by atoms with van der Waals surface area (Å²) in [5.41, 5.74) is 12.2. The Morgan fingerprint density at radius 1 is 0.241 bits per heavy atom. The van der Waals surface area contributed by atoms with E-state index in [1.165, 1.54) is 16.3 Å². The molecule has 10 rings (SSSR count). The molecule has 2 heterocycles. The first kappa shape index (κ1) is 34.6. The molecule has 0 N–H and O–H groups in total. The molecule has 0 radical (unpaired) electrons. The van der Waals surface area contributed by atoms with Crippen LogP contribution in [-0.2, 0) is 0 Å². The molecule has 0 unspecified atom stereocenters. The van der Waals surface area contributed by atoms with E-state index in [0.717, 1.165) is 61.5 Å². The standard InChI is InChI=1S/C53H35N5/c1-5-16-38(17-6-1)47-35-48(55-50(54-47)41-18-7-2-8-19-41)39-27-25-37(26-28-39)46-34-33-36-15-13-14-24-45(36)49(46)40-29-31-44(32-30-40)53-57-51(42-20-9-3-10-21-42)56-52(58-53)43-22-11-4-12-23-43/h1-35H. The third-order valence-electron chi connectivity index (χ3n) is 10.4. The summed E-state index contributed by atoms with van der Waals surface area (Å²) in [6.07, 6.45) is 0. The van der Waals surface area contributed by atoms with Gasteiger partial charge >= 0.3 is 0 Å². The van der Waals surface area contributed by atoms with E-state index >= 15 is 0 Å². The molecule has 0 aliphatic heterocycles. The molecule has 58 heavy (non-hydrogen) atoms. The van der Waals surface area contributed by atoms with E-state index in [-0.39, 0.29) is 0 Å². The van der Waals surface area contributed by atoms with Crippen molar-refractivity contribution >= 4 is 10.8 Å². The Hall–Kier alpha value is -7.89. The van der Waals surface area contributed by atoms with Gasteiger partial charge < -0.3 is 0 Å². The smallest absolute Gasteiger partial charge is 0.164 e. The van der Waals surface area contributed by atoms with Crippen molar-refractivity contribution in [3.05, 3.63) is 212 Å². The van der Waals surface area contributed by atoms with Gasteiger partial charge in [-0.15, -0.1) is 0 Å². The summed E-state index contributed by atoms with van der Waals surface area (Å²) in [4.78, 5) is 24.8. The third kappa shape index (κ3) is 6.93. The quantitative estimate of drug-likeness (QED) is 0.155. The minimum Gasteiger partial charge on any atom is -0.228 e. The van der Waals surface area contributed by atoms with Gasteiger partial charge in [-0.05, 0) is 39.1 Å². The monoisotopic (exact) mass is 741 g/mol. The van der Waals surface area contributed by atoms with Crippen molar-refractivity contribution < 1.29 is 0 Å². The highest BCUT2D eigenvalue weighted by molar-refractivity contribution is 6.04. The Bertz CT molecular complexity index is 2890. The number of hydrogen-bond acceptors (Lipinski definition) is 5. The van der Waals surface area contributed by atoms with Crippen molar-refractivity contribution in [1.82, 2.24) is 24.9 Å². The summed E-state index contributed by atoms with van der Waals surface area (Å²) in [6.45, 7) is 0. The molecule has 5 heteroatoms. The lowest BCUT2D eigenvalue weighted by atomic mass is 9.89. The summed E-state index contributed by atoms with van der Waals surface area (Å²) in [5, 5.41) is 2.37. The molecule has 0 amide bonds. The predicted molar refractivity (Wildman–Crippen MR) is 236 cm³/mol. The summed E-state index contributed by atoms with van der Waals surface area (Å²) in [7, 11) is 0. The van der Waals surface area contributed by atoms with Crippen molar-refractivity contribution in [3.8, 4) is 90.3 Å². The fourth-order valence-electron chi connectivity index (χ4n) is 7.44. The van der Waals surface area contributed by atoms with Gasteiger partial charge in [0.1, 0.15) is 0 Å². The van der Waals surface area contributed by atoms with Gasteiger partial charge in [0.25, 0.3) is 0 Å². The van der Waals surface area contributed by atoms with Crippen LogP contribution in [0.4, 0.5) is 0 Å². The molecule has 0 saturated carbocycles. The zero-order valence-electron chi connectivity index (χ0n) is 31.4. The van der Waals surface area contributed by atoms with Crippen LogP contribution in [0.25, 0.3) is 101 Å². The van der Waals surface area contributed by atoms with Gasteiger partial charge in [0.2, 0.25) is 0 Å². The van der Waals surface area contributed by atoms with Crippen LogP contribution in [-0.4, -0.2) is 24.9 Å². The maximum Gasteiger partial charge on any atom is 0.164 e. The van der Waals surface area contributed by atoms with E-state index in [4.69, 9.17) is 24.9 Å². The van der Waals surface area contributed by atoms with Crippen LogP contribution in [0.2, 0.25) is 0 Å². The van der Waals surface area contributed by atoms with Crippen LogP contribution < -0.4 is 0 Å². The van der Waals surface area contributed by atoms with Crippen LogP contribution >= 0.6 is 0 Å². The van der Waals surface area contributed by atoms with Crippen molar-refractivity contribution in [2.24, 2.45) is 0 Å².